The first kappa shape index (κ1) is 19.6. The highest BCUT2D eigenvalue weighted by Crippen LogP contribution is 2.47. The molecule has 0 atom stereocenters. The smallest absolute Gasteiger partial charge is 0.161 e. The predicted molar refractivity (Wildman–Crippen MR) is 110 cm³/mol. The van der Waals surface area contributed by atoms with E-state index < -0.39 is 10.8 Å². The van der Waals surface area contributed by atoms with Crippen LogP contribution in [0, 0.1) is 0 Å². The maximum Gasteiger partial charge on any atom is 0.161 e. The van der Waals surface area contributed by atoms with Crippen LogP contribution in [-0.2, 0) is 10.8 Å². The summed E-state index contributed by atoms with van der Waals surface area (Å²) >= 11 is 0. The van der Waals surface area contributed by atoms with Gasteiger partial charge in [-0.3, -0.25) is 0 Å². The molecular formula is C24H26O4. The molecule has 146 valence electrons. The fourth-order valence-electron chi connectivity index (χ4n) is 3.93. The van der Waals surface area contributed by atoms with Gasteiger partial charge in [0, 0.05) is 22.0 Å². The number of phenols is 4. The summed E-state index contributed by atoms with van der Waals surface area (Å²) < 4.78 is 0. The molecule has 0 saturated heterocycles. The van der Waals surface area contributed by atoms with Crippen LogP contribution >= 0.6 is 0 Å². The minimum atomic E-state index is -0.622. The first-order valence-electron chi connectivity index (χ1n) is 9.21. The van der Waals surface area contributed by atoms with Crippen molar-refractivity contribution in [2.75, 3.05) is 0 Å². The van der Waals surface area contributed by atoms with E-state index in [2.05, 4.69) is 0 Å². The number of aromatic hydroxyl groups is 4. The van der Waals surface area contributed by atoms with E-state index in [1.54, 1.807) is 24.3 Å². The molecule has 0 heterocycles. The molecule has 0 fully saturated rings. The van der Waals surface area contributed by atoms with Gasteiger partial charge in [-0.2, -0.15) is 0 Å². The Kier molecular flexibility index (Phi) is 4.76. The van der Waals surface area contributed by atoms with Gasteiger partial charge in [-0.05, 0) is 23.3 Å². The van der Waals surface area contributed by atoms with Crippen molar-refractivity contribution in [2.24, 2.45) is 0 Å². The molecule has 0 amide bonds. The van der Waals surface area contributed by atoms with Crippen molar-refractivity contribution in [1.29, 1.82) is 0 Å². The van der Waals surface area contributed by atoms with E-state index >= 15 is 0 Å². The normalized spacial score (nSPS) is 12.1. The molecule has 3 aromatic carbocycles. The number of benzene rings is 3. The molecule has 0 aliphatic rings. The van der Waals surface area contributed by atoms with E-state index in [1.165, 1.54) is 12.1 Å². The van der Waals surface area contributed by atoms with Gasteiger partial charge in [0.2, 0.25) is 0 Å². The van der Waals surface area contributed by atoms with Gasteiger partial charge in [0.15, 0.2) is 23.0 Å². The van der Waals surface area contributed by atoms with Crippen molar-refractivity contribution in [3.05, 3.63) is 82.9 Å². The van der Waals surface area contributed by atoms with E-state index in [0.29, 0.717) is 11.1 Å². The SMILES string of the molecule is CC(C)(c1ccccc1C(C)(C)c1cccc(O)c1O)c1cccc(O)c1O. The van der Waals surface area contributed by atoms with Gasteiger partial charge in [-0.15, -0.1) is 0 Å². The van der Waals surface area contributed by atoms with Gasteiger partial charge in [0.1, 0.15) is 0 Å². The number of hydrogen-bond donors (Lipinski definition) is 4. The summed E-state index contributed by atoms with van der Waals surface area (Å²) in [5.74, 6) is -0.596. The summed E-state index contributed by atoms with van der Waals surface area (Å²) in [6.45, 7) is 7.94. The van der Waals surface area contributed by atoms with E-state index in [4.69, 9.17) is 0 Å². The Morgan fingerprint density at radius 2 is 0.786 bits per heavy atom. The lowest BCUT2D eigenvalue weighted by atomic mass is 9.68. The van der Waals surface area contributed by atoms with Crippen LogP contribution in [0.1, 0.15) is 49.9 Å². The summed E-state index contributed by atoms with van der Waals surface area (Å²) in [6.07, 6.45) is 0. The van der Waals surface area contributed by atoms with Crippen LogP contribution in [0.4, 0.5) is 0 Å². The summed E-state index contributed by atoms with van der Waals surface area (Å²) in [4.78, 5) is 0. The molecule has 28 heavy (non-hydrogen) atoms. The fraction of sp³-hybridized carbons (Fsp3) is 0.250. The van der Waals surface area contributed by atoms with Crippen LogP contribution in [0.3, 0.4) is 0 Å². The summed E-state index contributed by atoms with van der Waals surface area (Å²) in [5, 5.41) is 40.9. The molecule has 0 aliphatic carbocycles. The maximum absolute atomic E-state index is 10.5. The van der Waals surface area contributed by atoms with E-state index in [-0.39, 0.29) is 23.0 Å². The molecule has 3 aromatic rings. The Morgan fingerprint density at radius 3 is 1.14 bits per heavy atom. The molecule has 0 unspecified atom stereocenters. The number of rotatable bonds is 4. The third-order valence-electron chi connectivity index (χ3n) is 5.65. The number of phenolic OH excluding ortho intramolecular Hbond substituents is 4. The minimum Gasteiger partial charge on any atom is -0.504 e. The van der Waals surface area contributed by atoms with Crippen LogP contribution < -0.4 is 0 Å². The second-order valence-corrected chi connectivity index (χ2v) is 8.14. The van der Waals surface area contributed by atoms with Crippen LogP contribution in [0.2, 0.25) is 0 Å². The molecule has 0 saturated carbocycles. The zero-order chi connectivity index (χ0) is 20.7. The van der Waals surface area contributed by atoms with E-state index in [1.807, 2.05) is 52.0 Å². The lowest BCUT2D eigenvalue weighted by molar-refractivity contribution is 0.388. The molecule has 4 N–H and O–H groups in total. The highest BCUT2D eigenvalue weighted by molar-refractivity contribution is 5.57. The Bertz CT molecular complexity index is 936. The summed E-state index contributed by atoms with van der Waals surface area (Å²) in [5.41, 5.74) is 1.87. The fourth-order valence-corrected chi connectivity index (χ4v) is 3.93. The van der Waals surface area contributed by atoms with Crippen molar-refractivity contribution < 1.29 is 20.4 Å². The highest BCUT2D eigenvalue weighted by Gasteiger charge is 2.36. The zero-order valence-electron chi connectivity index (χ0n) is 16.6. The summed E-state index contributed by atoms with van der Waals surface area (Å²) in [6, 6.07) is 17.8. The van der Waals surface area contributed by atoms with Gasteiger partial charge in [0.25, 0.3) is 0 Å². The molecule has 0 spiro atoms. The number of para-hydroxylation sites is 2. The minimum absolute atomic E-state index is 0.139. The molecular weight excluding hydrogens is 352 g/mol. The molecule has 0 radical (unpaired) electrons. The first-order valence-corrected chi connectivity index (χ1v) is 9.21. The van der Waals surface area contributed by atoms with Crippen molar-refractivity contribution in [1.82, 2.24) is 0 Å². The largest absolute Gasteiger partial charge is 0.504 e. The van der Waals surface area contributed by atoms with Crippen molar-refractivity contribution in [3.8, 4) is 23.0 Å². The lowest BCUT2D eigenvalue weighted by Gasteiger charge is -2.36. The average molecular weight is 378 g/mol. The monoisotopic (exact) mass is 378 g/mol. The van der Waals surface area contributed by atoms with Gasteiger partial charge in [0.05, 0.1) is 0 Å². The first-order chi connectivity index (χ1) is 13.1. The van der Waals surface area contributed by atoms with Crippen LogP contribution in [0.15, 0.2) is 60.7 Å². The average Bonchev–Trinajstić information content (AvgIpc) is 2.66. The highest BCUT2D eigenvalue weighted by atomic mass is 16.3. The number of hydrogen-bond acceptors (Lipinski definition) is 4. The Hall–Kier alpha value is -3.14. The Balaban J connectivity index is 2.24. The third kappa shape index (κ3) is 3.05. The molecule has 0 bridgehead atoms. The zero-order valence-corrected chi connectivity index (χ0v) is 16.6. The van der Waals surface area contributed by atoms with Crippen LogP contribution in [-0.4, -0.2) is 20.4 Å². The standard InChI is InChI=1S/C24H26O4/c1-23(2,17-11-7-13-19(25)21(17)27)15-9-5-6-10-16(15)24(3,4)18-12-8-14-20(26)22(18)28/h5-14,25-28H,1-4H3. The van der Waals surface area contributed by atoms with Gasteiger partial charge in [-0.25, -0.2) is 0 Å². The van der Waals surface area contributed by atoms with E-state index in [0.717, 1.165) is 11.1 Å². The second kappa shape index (κ2) is 6.79. The van der Waals surface area contributed by atoms with Gasteiger partial charge >= 0.3 is 0 Å². The Morgan fingerprint density at radius 1 is 0.464 bits per heavy atom. The van der Waals surface area contributed by atoms with Gasteiger partial charge < -0.3 is 20.4 Å². The molecule has 0 aromatic heterocycles. The molecule has 4 nitrogen and oxygen atoms in total. The van der Waals surface area contributed by atoms with E-state index in [9.17, 15) is 20.4 Å². The Labute approximate surface area is 165 Å². The summed E-state index contributed by atoms with van der Waals surface area (Å²) in [7, 11) is 0. The van der Waals surface area contributed by atoms with Crippen LogP contribution in [0.25, 0.3) is 0 Å². The topological polar surface area (TPSA) is 80.9 Å². The van der Waals surface area contributed by atoms with Gasteiger partial charge in [-0.1, -0.05) is 76.2 Å². The third-order valence-corrected chi connectivity index (χ3v) is 5.65. The maximum atomic E-state index is 10.5. The van der Waals surface area contributed by atoms with Crippen molar-refractivity contribution in [2.45, 2.75) is 38.5 Å². The lowest BCUT2D eigenvalue weighted by Crippen LogP contribution is -2.28. The quantitative estimate of drug-likeness (QED) is 0.473. The predicted octanol–water partition coefficient (Wildman–Crippen LogP) is 5.16. The van der Waals surface area contributed by atoms with Crippen LogP contribution in [0.5, 0.6) is 23.0 Å². The van der Waals surface area contributed by atoms with Crippen molar-refractivity contribution >= 4 is 0 Å². The molecule has 4 heteroatoms. The van der Waals surface area contributed by atoms with Crippen molar-refractivity contribution in [3.63, 3.8) is 0 Å². The second-order valence-electron chi connectivity index (χ2n) is 8.14. The molecule has 0 aliphatic heterocycles. The molecule has 3 rings (SSSR count).